The summed E-state index contributed by atoms with van der Waals surface area (Å²) in [5.41, 5.74) is 0.571. The van der Waals surface area contributed by atoms with E-state index in [-0.39, 0.29) is 12.5 Å². The van der Waals surface area contributed by atoms with E-state index in [9.17, 15) is 14.7 Å². The summed E-state index contributed by atoms with van der Waals surface area (Å²) in [5, 5.41) is 9.65. The van der Waals surface area contributed by atoms with Crippen molar-refractivity contribution >= 4 is 11.9 Å². The minimum Gasteiger partial charge on any atom is -0.480 e. The van der Waals surface area contributed by atoms with Crippen molar-refractivity contribution < 1.29 is 24.2 Å². The summed E-state index contributed by atoms with van der Waals surface area (Å²) in [6, 6.07) is 7.44. The van der Waals surface area contributed by atoms with Gasteiger partial charge in [-0.15, -0.1) is 0 Å². The first-order valence-electron chi connectivity index (χ1n) is 8.51. The van der Waals surface area contributed by atoms with Crippen LogP contribution >= 0.6 is 0 Å². The molecule has 2 aliphatic heterocycles. The lowest BCUT2D eigenvalue weighted by Crippen LogP contribution is -2.61. The molecular weight excluding hydrogens is 324 g/mol. The first-order chi connectivity index (χ1) is 12.1. The third kappa shape index (κ3) is 3.40. The minimum absolute atomic E-state index is 0.0284. The predicted octanol–water partition coefficient (Wildman–Crippen LogP) is 0.835. The monoisotopic (exact) mass is 348 g/mol. The van der Waals surface area contributed by atoms with Gasteiger partial charge in [0.25, 0.3) is 5.91 Å². The molecule has 0 spiro atoms. The summed E-state index contributed by atoms with van der Waals surface area (Å²) in [6.45, 7) is 3.16. The fraction of sp³-hybridized carbons (Fsp3) is 0.556. The zero-order valence-corrected chi connectivity index (χ0v) is 14.4. The molecule has 7 heteroatoms. The van der Waals surface area contributed by atoms with Crippen LogP contribution in [0, 0.1) is 0 Å². The number of methoxy groups -OCH3 is 1. The second-order valence-corrected chi connectivity index (χ2v) is 6.51. The maximum absolute atomic E-state index is 12.8. The summed E-state index contributed by atoms with van der Waals surface area (Å²) in [7, 11) is 1.61. The molecule has 0 saturated carbocycles. The number of amides is 1. The normalized spacial score (nSPS) is 24.4. The Balaban J connectivity index is 1.68. The Labute approximate surface area is 147 Å². The van der Waals surface area contributed by atoms with Crippen molar-refractivity contribution in [2.75, 3.05) is 46.5 Å². The minimum atomic E-state index is -0.941. The Kier molecular flexibility index (Phi) is 5.36. The van der Waals surface area contributed by atoms with E-state index in [4.69, 9.17) is 9.47 Å². The van der Waals surface area contributed by atoms with E-state index in [2.05, 4.69) is 0 Å². The Morgan fingerprint density at radius 3 is 2.56 bits per heavy atom. The van der Waals surface area contributed by atoms with Crippen molar-refractivity contribution in [1.82, 2.24) is 9.80 Å². The summed E-state index contributed by atoms with van der Waals surface area (Å²) in [5.74, 6) is -0.866. The summed E-state index contributed by atoms with van der Waals surface area (Å²) >= 11 is 0. The van der Waals surface area contributed by atoms with Crippen LogP contribution in [0.1, 0.15) is 22.3 Å². The van der Waals surface area contributed by atoms with E-state index in [0.717, 1.165) is 5.56 Å². The van der Waals surface area contributed by atoms with E-state index in [1.807, 2.05) is 29.2 Å². The lowest BCUT2D eigenvalue weighted by Gasteiger charge is -2.42. The van der Waals surface area contributed by atoms with Crippen LogP contribution in [-0.2, 0) is 20.9 Å². The number of carboxylic acid groups (broad SMARTS) is 1. The molecule has 2 fully saturated rings. The zero-order valence-electron chi connectivity index (χ0n) is 14.4. The first-order valence-corrected chi connectivity index (χ1v) is 8.51. The topological polar surface area (TPSA) is 79.3 Å². The van der Waals surface area contributed by atoms with E-state index in [0.29, 0.717) is 51.4 Å². The average Bonchev–Trinajstić information content (AvgIpc) is 3.13. The van der Waals surface area contributed by atoms with Gasteiger partial charge in [-0.3, -0.25) is 14.5 Å². The third-order valence-corrected chi connectivity index (χ3v) is 5.12. The molecule has 136 valence electrons. The molecule has 2 saturated heterocycles. The highest BCUT2D eigenvalue weighted by Crippen LogP contribution is 2.28. The van der Waals surface area contributed by atoms with Gasteiger partial charge in [0.05, 0.1) is 13.2 Å². The number of carboxylic acids is 1. The summed E-state index contributed by atoms with van der Waals surface area (Å²) in [6.07, 6.45) is 0.493. The predicted molar refractivity (Wildman–Crippen MR) is 90.4 cm³/mol. The molecular formula is C18H24N2O5. The number of carbonyl (C=O) groups is 2. The Morgan fingerprint density at radius 1 is 1.24 bits per heavy atom. The molecule has 0 radical (unpaired) electrons. The molecule has 7 nitrogen and oxygen atoms in total. The first kappa shape index (κ1) is 17.8. The van der Waals surface area contributed by atoms with Gasteiger partial charge in [0, 0.05) is 51.9 Å². The number of rotatable bonds is 5. The van der Waals surface area contributed by atoms with Crippen molar-refractivity contribution in [2.45, 2.75) is 18.6 Å². The highest BCUT2D eigenvalue weighted by Gasteiger charge is 2.48. The van der Waals surface area contributed by atoms with Gasteiger partial charge in [0.1, 0.15) is 5.54 Å². The van der Waals surface area contributed by atoms with Crippen molar-refractivity contribution in [3.63, 3.8) is 0 Å². The number of ether oxygens (including phenoxy) is 2. The second-order valence-electron chi connectivity index (χ2n) is 6.51. The smallest absolute Gasteiger partial charge is 0.326 e. The molecule has 0 aromatic heterocycles. The van der Waals surface area contributed by atoms with Gasteiger partial charge in [0.2, 0.25) is 0 Å². The van der Waals surface area contributed by atoms with Gasteiger partial charge in [-0.2, -0.15) is 0 Å². The number of hydrogen-bond acceptors (Lipinski definition) is 5. The molecule has 1 N–H and O–H groups in total. The number of benzene rings is 1. The maximum atomic E-state index is 12.8. The van der Waals surface area contributed by atoms with E-state index < -0.39 is 11.5 Å². The molecule has 1 atom stereocenters. The highest BCUT2D eigenvalue weighted by molar-refractivity contribution is 5.95. The second kappa shape index (κ2) is 7.51. The van der Waals surface area contributed by atoms with Crippen molar-refractivity contribution in [2.24, 2.45) is 0 Å². The van der Waals surface area contributed by atoms with Crippen LogP contribution in [0.15, 0.2) is 24.3 Å². The number of aliphatic carboxylic acids is 1. The van der Waals surface area contributed by atoms with Gasteiger partial charge in [-0.05, 0) is 11.6 Å². The van der Waals surface area contributed by atoms with Crippen LogP contribution < -0.4 is 0 Å². The molecule has 2 heterocycles. The van der Waals surface area contributed by atoms with Gasteiger partial charge >= 0.3 is 5.97 Å². The van der Waals surface area contributed by atoms with Gasteiger partial charge in [-0.1, -0.05) is 18.2 Å². The van der Waals surface area contributed by atoms with Crippen molar-refractivity contribution in [1.29, 1.82) is 0 Å². The van der Waals surface area contributed by atoms with Gasteiger partial charge in [-0.25, -0.2) is 0 Å². The molecule has 0 aliphatic carbocycles. The van der Waals surface area contributed by atoms with Crippen molar-refractivity contribution in [3.8, 4) is 0 Å². The summed E-state index contributed by atoms with van der Waals surface area (Å²) in [4.78, 5) is 28.3. The van der Waals surface area contributed by atoms with Crippen LogP contribution in [0.3, 0.4) is 0 Å². The molecule has 1 aromatic carbocycles. The molecule has 0 bridgehead atoms. The van der Waals surface area contributed by atoms with Gasteiger partial charge in [0.15, 0.2) is 0 Å². The standard InChI is InChI=1S/C18H24N2O5/c1-24-12-14-4-2-3-5-15(14)16(21)19-7-9-20(10-8-19)18(17(22)23)6-11-25-13-18/h2-5H,6-13H2,1H3,(H,22,23). The number of carbonyl (C=O) groups excluding carboxylic acids is 1. The fourth-order valence-corrected chi connectivity index (χ4v) is 3.63. The highest BCUT2D eigenvalue weighted by atomic mass is 16.5. The third-order valence-electron chi connectivity index (χ3n) is 5.12. The molecule has 25 heavy (non-hydrogen) atoms. The largest absolute Gasteiger partial charge is 0.480 e. The molecule has 3 rings (SSSR count). The Hall–Kier alpha value is -1.96. The van der Waals surface area contributed by atoms with Crippen LogP contribution in [-0.4, -0.2) is 78.8 Å². The Bertz CT molecular complexity index is 634. The van der Waals surface area contributed by atoms with Crippen molar-refractivity contribution in [3.05, 3.63) is 35.4 Å². The number of nitrogens with zero attached hydrogens (tertiary/aromatic N) is 2. The van der Waals surface area contributed by atoms with Gasteiger partial charge < -0.3 is 19.5 Å². The molecule has 1 aromatic rings. The van der Waals surface area contributed by atoms with Crippen LogP contribution in [0.25, 0.3) is 0 Å². The van der Waals surface area contributed by atoms with E-state index >= 15 is 0 Å². The average molecular weight is 348 g/mol. The maximum Gasteiger partial charge on any atom is 0.326 e. The lowest BCUT2D eigenvalue weighted by atomic mass is 9.95. The van der Waals surface area contributed by atoms with E-state index in [1.54, 1.807) is 12.0 Å². The Morgan fingerprint density at radius 2 is 1.96 bits per heavy atom. The fourth-order valence-electron chi connectivity index (χ4n) is 3.63. The SMILES string of the molecule is COCc1ccccc1C(=O)N1CCN(C2(C(=O)O)CCOC2)CC1. The van der Waals surface area contributed by atoms with E-state index in [1.165, 1.54) is 0 Å². The molecule has 1 amide bonds. The lowest BCUT2D eigenvalue weighted by molar-refractivity contribution is -0.152. The zero-order chi connectivity index (χ0) is 17.9. The molecule has 2 aliphatic rings. The summed E-state index contributed by atoms with van der Waals surface area (Å²) < 4.78 is 10.5. The number of piperazine rings is 1. The quantitative estimate of drug-likeness (QED) is 0.849. The van der Waals surface area contributed by atoms with Crippen LogP contribution in [0.5, 0.6) is 0 Å². The van der Waals surface area contributed by atoms with Crippen LogP contribution in [0.2, 0.25) is 0 Å². The van der Waals surface area contributed by atoms with Crippen LogP contribution in [0.4, 0.5) is 0 Å². The molecule has 1 unspecified atom stereocenters. The number of hydrogen-bond donors (Lipinski definition) is 1.